The van der Waals surface area contributed by atoms with Gasteiger partial charge in [-0.3, -0.25) is 4.79 Å². The minimum atomic E-state index is -0.397. The molecule has 0 bridgehead atoms. The summed E-state index contributed by atoms with van der Waals surface area (Å²) in [6, 6.07) is 6.34. The second-order valence-corrected chi connectivity index (χ2v) is 6.04. The van der Waals surface area contributed by atoms with Crippen molar-refractivity contribution in [3.05, 3.63) is 49.9 Å². The molecule has 1 aromatic heterocycles. The zero-order valence-corrected chi connectivity index (χ0v) is 12.3. The third-order valence-corrected chi connectivity index (χ3v) is 4.36. The summed E-state index contributed by atoms with van der Waals surface area (Å²) in [7, 11) is 0. The molecule has 0 fully saturated rings. The van der Waals surface area contributed by atoms with Crippen molar-refractivity contribution in [1.82, 2.24) is 0 Å². The molecule has 0 radical (unpaired) electrons. The number of hydrogen-bond donors (Lipinski definition) is 1. The third-order valence-electron chi connectivity index (χ3n) is 2.57. The first-order chi connectivity index (χ1) is 8.47. The van der Waals surface area contributed by atoms with Crippen molar-refractivity contribution >= 4 is 38.9 Å². The molecule has 18 heavy (non-hydrogen) atoms. The van der Waals surface area contributed by atoms with E-state index in [-0.39, 0.29) is 5.91 Å². The lowest BCUT2D eigenvalue weighted by molar-refractivity contribution is 0.103. The maximum atomic E-state index is 13.3. The molecule has 2 aromatic rings. The number of halogens is 2. The zero-order valence-electron chi connectivity index (χ0n) is 9.88. The fraction of sp³-hybridized carbons (Fsp3) is 0.154. The number of anilines is 1. The van der Waals surface area contributed by atoms with Crippen molar-refractivity contribution in [3.63, 3.8) is 0 Å². The average molecular weight is 328 g/mol. The van der Waals surface area contributed by atoms with Crippen LogP contribution in [-0.4, -0.2) is 5.91 Å². The first kappa shape index (κ1) is 13.2. The van der Waals surface area contributed by atoms with Crippen molar-refractivity contribution in [3.8, 4) is 0 Å². The maximum absolute atomic E-state index is 13.3. The Morgan fingerprint density at radius 2 is 2.06 bits per heavy atom. The second kappa shape index (κ2) is 5.20. The molecule has 0 saturated carbocycles. The van der Waals surface area contributed by atoms with E-state index in [0.29, 0.717) is 15.0 Å². The van der Waals surface area contributed by atoms with Gasteiger partial charge < -0.3 is 5.32 Å². The minimum Gasteiger partial charge on any atom is -0.321 e. The summed E-state index contributed by atoms with van der Waals surface area (Å²) in [5, 5.41) is 2.68. The number of aryl methyl sites for hydroxylation is 2. The van der Waals surface area contributed by atoms with E-state index in [2.05, 4.69) is 21.2 Å². The minimum absolute atomic E-state index is 0.210. The van der Waals surface area contributed by atoms with E-state index in [1.165, 1.54) is 17.4 Å². The molecule has 0 spiro atoms. The van der Waals surface area contributed by atoms with Crippen LogP contribution >= 0.6 is 27.3 Å². The average Bonchev–Trinajstić information content (AvgIpc) is 2.65. The van der Waals surface area contributed by atoms with Gasteiger partial charge in [-0.25, -0.2) is 4.39 Å². The van der Waals surface area contributed by atoms with Gasteiger partial charge >= 0.3 is 0 Å². The summed E-state index contributed by atoms with van der Waals surface area (Å²) in [6.45, 7) is 3.93. The maximum Gasteiger partial charge on any atom is 0.265 e. The van der Waals surface area contributed by atoms with Gasteiger partial charge in [-0.1, -0.05) is 0 Å². The number of carbonyl (C=O) groups is 1. The molecule has 0 aliphatic rings. The molecule has 2 nitrogen and oxygen atoms in total. The van der Waals surface area contributed by atoms with Crippen LogP contribution in [0.4, 0.5) is 10.1 Å². The fourth-order valence-electron chi connectivity index (χ4n) is 1.45. The van der Waals surface area contributed by atoms with E-state index in [1.54, 1.807) is 12.1 Å². The quantitative estimate of drug-likeness (QED) is 0.863. The number of hydrogen-bond acceptors (Lipinski definition) is 2. The van der Waals surface area contributed by atoms with E-state index in [9.17, 15) is 9.18 Å². The molecule has 5 heteroatoms. The normalized spacial score (nSPS) is 10.4. The molecule has 1 N–H and O–H groups in total. The molecule has 0 aliphatic carbocycles. The fourth-order valence-corrected chi connectivity index (χ4v) is 2.63. The van der Waals surface area contributed by atoms with Crippen LogP contribution in [0, 0.1) is 19.7 Å². The Hall–Kier alpha value is -1.20. The molecule has 0 saturated heterocycles. The predicted molar refractivity (Wildman–Crippen MR) is 75.8 cm³/mol. The Balaban J connectivity index is 2.18. The SMILES string of the molecule is Cc1cc(C(=O)Nc2ccc(Br)c(F)c2)sc1C. The van der Waals surface area contributed by atoms with E-state index < -0.39 is 5.82 Å². The third kappa shape index (κ3) is 2.79. The lowest BCUT2D eigenvalue weighted by Gasteiger charge is -2.04. The number of amides is 1. The van der Waals surface area contributed by atoms with Gasteiger partial charge in [-0.2, -0.15) is 0 Å². The van der Waals surface area contributed by atoms with Crippen LogP contribution in [-0.2, 0) is 0 Å². The highest BCUT2D eigenvalue weighted by Crippen LogP contribution is 2.23. The van der Waals surface area contributed by atoms with Crippen LogP contribution in [0.3, 0.4) is 0 Å². The molecule has 2 rings (SSSR count). The summed E-state index contributed by atoms with van der Waals surface area (Å²) < 4.78 is 13.7. The number of thiophene rings is 1. The first-order valence-electron chi connectivity index (χ1n) is 5.31. The van der Waals surface area contributed by atoms with Crippen LogP contribution in [0.2, 0.25) is 0 Å². The number of nitrogens with one attached hydrogen (secondary N) is 1. The largest absolute Gasteiger partial charge is 0.321 e. The van der Waals surface area contributed by atoms with Crippen LogP contribution in [0.5, 0.6) is 0 Å². The van der Waals surface area contributed by atoms with Crippen molar-refractivity contribution in [2.24, 2.45) is 0 Å². The van der Waals surface area contributed by atoms with E-state index in [0.717, 1.165) is 10.4 Å². The van der Waals surface area contributed by atoms with Crippen LogP contribution < -0.4 is 5.32 Å². The smallest absolute Gasteiger partial charge is 0.265 e. The topological polar surface area (TPSA) is 29.1 Å². The summed E-state index contributed by atoms with van der Waals surface area (Å²) >= 11 is 4.50. The molecule has 0 aliphatic heterocycles. The highest BCUT2D eigenvalue weighted by Gasteiger charge is 2.11. The lowest BCUT2D eigenvalue weighted by atomic mass is 10.2. The zero-order chi connectivity index (χ0) is 13.3. The second-order valence-electron chi connectivity index (χ2n) is 3.93. The van der Waals surface area contributed by atoms with Gasteiger partial charge in [0.2, 0.25) is 0 Å². The summed E-state index contributed by atoms with van der Waals surface area (Å²) in [5.41, 5.74) is 1.54. The van der Waals surface area contributed by atoms with Gasteiger partial charge in [0, 0.05) is 10.6 Å². The monoisotopic (exact) mass is 327 g/mol. The van der Waals surface area contributed by atoms with Gasteiger partial charge in [-0.15, -0.1) is 11.3 Å². The Labute approximate surface area is 117 Å². The van der Waals surface area contributed by atoms with Gasteiger partial charge in [0.15, 0.2) is 0 Å². The van der Waals surface area contributed by atoms with E-state index in [4.69, 9.17) is 0 Å². The van der Waals surface area contributed by atoms with Gasteiger partial charge in [0.25, 0.3) is 5.91 Å². The Morgan fingerprint density at radius 3 is 2.61 bits per heavy atom. The summed E-state index contributed by atoms with van der Waals surface area (Å²) in [6.07, 6.45) is 0. The Kier molecular flexibility index (Phi) is 3.82. The van der Waals surface area contributed by atoms with E-state index in [1.807, 2.05) is 19.9 Å². The van der Waals surface area contributed by atoms with Gasteiger partial charge in [0.1, 0.15) is 5.82 Å². The van der Waals surface area contributed by atoms with Crippen LogP contribution in [0.1, 0.15) is 20.1 Å². The molecule has 1 amide bonds. The Morgan fingerprint density at radius 1 is 1.33 bits per heavy atom. The van der Waals surface area contributed by atoms with Crippen LogP contribution in [0.25, 0.3) is 0 Å². The van der Waals surface area contributed by atoms with Crippen molar-refractivity contribution in [2.45, 2.75) is 13.8 Å². The molecule has 94 valence electrons. The molecule has 0 unspecified atom stereocenters. The highest BCUT2D eigenvalue weighted by molar-refractivity contribution is 9.10. The number of rotatable bonds is 2. The van der Waals surface area contributed by atoms with Crippen molar-refractivity contribution in [1.29, 1.82) is 0 Å². The standard InChI is InChI=1S/C13H11BrFNOS/c1-7-5-12(18-8(7)2)13(17)16-9-3-4-10(14)11(15)6-9/h3-6H,1-2H3,(H,16,17). The summed E-state index contributed by atoms with van der Waals surface area (Å²) in [5.74, 6) is -0.607. The van der Waals surface area contributed by atoms with Crippen molar-refractivity contribution in [2.75, 3.05) is 5.32 Å². The lowest BCUT2D eigenvalue weighted by Crippen LogP contribution is -2.10. The Bertz CT molecular complexity index is 590. The molecule has 1 heterocycles. The summed E-state index contributed by atoms with van der Waals surface area (Å²) in [4.78, 5) is 13.7. The number of benzene rings is 1. The van der Waals surface area contributed by atoms with E-state index >= 15 is 0 Å². The van der Waals surface area contributed by atoms with Crippen LogP contribution in [0.15, 0.2) is 28.7 Å². The van der Waals surface area contributed by atoms with Crippen molar-refractivity contribution < 1.29 is 9.18 Å². The molecular formula is C13H11BrFNOS. The first-order valence-corrected chi connectivity index (χ1v) is 6.92. The predicted octanol–water partition coefficient (Wildman–Crippen LogP) is 4.52. The number of carbonyl (C=O) groups excluding carboxylic acids is 1. The highest BCUT2D eigenvalue weighted by atomic mass is 79.9. The van der Waals surface area contributed by atoms with Gasteiger partial charge in [0.05, 0.1) is 9.35 Å². The molecule has 1 aromatic carbocycles. The van der Waals surface area contributed by atoms with Gasteiger partial charge in [-0.05, 0) is 59.6 Å². The molecule has 0 atom stereocenters. The molecular weight excluding hydrogens is 317 g/mol.